The molecule has 0 saturated heterocycles. The lowest BCUT2D eigenvalue weighted by molar-refractivity contribution is -0.120. The van der Waals surface area contributed by atoms with Gasteiger partial charge in [-0.2, -0.15) is 0 Å². The number of aromatic nitrogens is 2. The van der Waals surface area contributed by atoms with E-state index in [1.54, 1.807) is 31.5 Å². The van der Waals surface area contributed by atoms with Crippen molar-refractivity contribution in [3.63, 3.8) is 0 Å². The average molecular weight is 272 g/mol. The Morgan fingerprint density at radius 1 is 1.35 bits per heavy atom. The number of carbonyl (C=O) groups excluding carboxylic acids is 1. The van der Waals surface area contributed by atoms with Gasteiger partial charge in [0.25, 0.3) is 0 Å². The van der Waals surface area contributed by atoms with E-state index in [0.717, 1.165) is 5.56 Å². The summed E-state index contributed by atoms with van der Waals surface area (Å²) < 4.78 is 5.12. The third kappa shape index (κ3) is 3.68. The fraction of sp³-hybridized carbons (Fsp3) is 0.214. The lowest BCUT2D eigenvalue weighted by Gasteiger charge is -2.08. The largest absolute Gasteiger partial charge is 0.481 e. The predicted octanol–water partition coefficient (Wildman–Crippen LogP) is 0.926. The second-order valence-electron chi connectivity index (χ2n) is 4.21. The minimum atomic E-state index is -0.117. The minimum Gasteiger partial charge on any atom is -0.481 e. The molecule has 1 amide bonds. The van der Waals surface area contributed by atoms with Crippen LogP contribution in [0.1, 0.15) is 11.3 Å². The van der Waals surface area contributed by atoms with Crippen molar-refractivity contribution in [2.45, 2.75) is 13.0 Å². The molecule has 0 spiro atoms. The summed E-state index contributed by atoms with van der Waals surface area (Å²) in [6, 6.07) is 7.11. The molecule has 0 aliphatic heterocycles. The van der Waals surface area contributed by atoms with E-state index in [-0.39, 0.29) is 12.3 Å². The van der Waals surface area contributed by atoms with Gasteiger partial charge in [0.05, 0.1) is 25.4 Å². The highest BCUT2D eigenvalue weighted by atomic mass is 16.5. The third-order valence-electron chi connectivity index (χ3n) is 2.71. The van der Waals surface area contributed by atoms with Crippen LogP contribution in [0.2, 0.25) is 0 Å². The van der Waals surface area contributed by atoms with Gasteiger partial charge in [0.2, 0.25) is 11.8 Å². The monoisotopic (exact) mass is 272 g/mol. The normalized spacial score (nSPS) is 10.1. The number of nitrogen functional groups attached to an aromatic ring is 1. The molecule has 0 saturated carbocycles. The Bertz CT molecular complexity index is 584. The molecule has 6 heteroatoms. The van der Waals surface area contributed by atoms with E-state index in [2.05, 4.69) is 15.3 Å². The lowest BCUT2D eigenvalue weighted by atomic mass is 10.2. The minimum absolute atomic E-state index is 0.117. The van der Waals surface area contributed by atoms with Gasteiger partial charge < -0.3 is 15.8 Å². The maximum absolute atomic E-state index is 11.8. The van der Waals surface area contributed by atoms with E-state index in [1.807, 2.05) is 6.07 Å². The first-order valence-corrected chi connectivity index (χ1v) is 6.14. The molecule has 6 nitrogen and oxygen atoms in total. The van der Waals surface area contributed by atoms with Gasteiger partial charge in [-0.15, -0.1) is 0 Å². The van der Waals surface area contributed by atoms with Gasteiger partial charge in [0, 0.05) is 24.0 Å². The Kier molecular flexibility index (Phi) is 4.49. The topological polar surface area (TPSA) is 90.1 Å². The molecule has 0 radical (unpaired) electrons. The molecule has 0 unspecified atom stereocenters. The molecule has 0 atom stereocenters. The van der Waals surface area contributed by atoms with Crippen LogP contribution in [0.4, 0.5) is 5.69 Å². The van der Waals surface area contributed by atoms with E-state index in [0.29, 0.717) is 23.8 Å². The highest BCUT2D eigenvalue weighted by Gasteiger charge is 2.07. The molecular formula is C14H16N4O2. The summed E-state index contributed by atoms with van der Waals surface area (Å²) in [5.41, 5.74) is 7.62. The highest BCUT2D eigenvalue weighted by Crippen LogP contribution is 2.12. The molecule has 104 valence electrons. The zero-order valence-corrected chi connectivity index (χ0v) is 11.2. The van der Waals surface area contributed by atoms with Crippen molar-refractivity contribution in [2.75, 3.05) is 12.8 Å². The molecule has 20 heavy (non-hydrogen) atoms. The summed E-state index contributed by atoms with van der Waals surface area (Å²) in [6.07, 6.45) is 3.39. The molecule has 0 aliphatic carbocycles. The van der Waals surface area contributed by atoms with Crippen molar-refractivity contribution in [2.24, 2.45) is 0 Å². The molecule has 0 bridgehead atoms. The number of nitrogens with two attached hydrogens (primary N) is 1. The third-order valence-corrected chi connectivity index (χ3v) is 2.71. The number of nitrogens with one attached hydrogen (secondary N) is 1. The average Bonchev–Trinajstić information content (AvgIpc) is 2.48. The molecular weight excluding hydrogens is 256 g/mol. The Hall–Kier alpha value is -2.63. The fourth-order valence-corrected chi connectivity index (χ4v) is 1.70. The van der Waals surface area contributed by atoms with Gasteiger partial charge in [0.1, 0.15) is 0 Å². The zero-order chi connectivity index (χ0) is 14.4. The number of pyridine rings is 2. The van der Waals surface area contributed by atoms with Crippen LogP contribution in [-0.2, 0) is 17.8 Å². The van der Waals surface area contributed by atoms with Gasteiger partial charge in [0.15, 0.2) is 0 Å². The summed E-state index contributed by atoms with van der Waals surface area (Å²) in [7, 11) is 1.55. The number of methoxy groups -OCH3 is 1. The number of hydrogen-bond donors (Lipinski definition) is 2. The van der Waals surface area contributed by atoms with Crippen molar-refractivity contribution in [3.05, 3.63) is 47.9 Å². The van der Waals surface area contributed by atoms with Gasteiger partial charge in [-0.05, 0) is 18.2 Å². The van der Waals surface area contributed by atoms with E-state index in [4.69, 9.17) is 10.5 Å². The van der Waals surface area contributed by atoms with Crippen LogP contribution < -0.4 is 15.8 Å². The molecule has 0 fully saturated rings. The number of carbonyl (C=O) groups is 1. The summed E-state index contributed by atoms with van der Waals surface area (Å²) >= 11 is 0. The number of nitrogens with zero attached hydrogens (tertiary/aromatic N) is 2. The first kappa shape index (κ1) is 13.8. The summed E-state index contributed by atoms with van der Waals surface area (Å²) in [5, 5.41) is 2.81. The molecule has 3 N–H and O–H groups in total. The lowest BCUT2D eigenvalue weighted by Crippen LogP contribution is -2.25. The van der Waals surface area contributed by atoms with Gasteiger partial charge in [-0.3, -0.25) is 9.78 Å². The molecule has 0 aromatic carbocycles. The quantitative estimate of drug-likeness (QED) is 0.845. The maximum atomic E-state index is 11.8. The summed E-state index contributed by atoms with van der Waals surface area (Å²) in [4.78, 5) is 20.0. The van der Waals surface area contributed by atoms with Crippen molar-refractivity contribution in [1.29, 1.82) is 0 Å². The van der Waals surface area contributed by atoms with Crippen molar-refractivity contribution in [3.8, 4) is 5.88 Å². The van der Waals surface area contributed by atoms with Crippen LogP contribution >= 0.6 is 0 Å². The Morgan fingerprint density at radius 3 is 2.90 bits per heavy atom. The van der Waals surface area contributed by atoms with Crippen molar-refractivity contribution >= 4 is 11.6 Å². The first-order valence-electron chi connectivity index (χ1n) is 6.14. The van der Waals surface area contributed by atoms with Crippen LogP contribution in [-0.4, -0.2) is 23.0 Å². The maximum Gasteiger partial charge on any atom is 0.226 e. The summed E-state index contributed by atoms with van der Waals surface area (Å²) in [6.45, 7) is 0.366. The van der Waals surface area contributed by atoms with E-state index >= 15 is 0 Å². The standard InChI is InChI=1S/C14H16N4O2/c1-20-14-10(3-2-6-16-14)8-18-13(19)7-12-5-4-11(15)9-17-12/h2-6,9H,7-8,15H2,1H3,(H,18,19). The Balaban J connectivity index is 1.90. The van der Waals surface area contributed by atoms with Crippen LogP contribution in [0.3, 0.4) is 0 Å². The second-order valence-corrected chi connectivity index (χ2v) is 4.21. The van der Waals surface area contributed by atoms with Crippen LogP contribution in [0.25, 0.3) is 0 Å². The highest BCUT2D eigenvalue weighted by molar-refractivity contribution is 5.78. The Labute approximate surface area is 117 Å². The van der Waals surface area contributed by atoms with Gasteiger partial charge in [-0.1, -0.05) is 6.07 Å². The van der Waals surface area contributed by atoms with Gasteiger partial charge in [-0.25, -0.2) is 4.98 Å². The second kappa shape index (κ2) is 6.51. The number of rotatable bonds is 5. The van der Waals surface area contributed by atoms with Crippen LogP contribution in [0.15, 0.2) is 36.7 Å². The summed E-state index contributed by atoms with van der Waals surface area (Å²) in [5.74, 6) is 0.395. The molecule has 0 aliphatic rings. The molecule has 2 aromatic heterocycles. The SMILES string of the molecule is COc1ncccc1CNC(=O)Cc1ccc(N)cn1. The molecule has 2 rings (SSSR count). The van der Waals surface area contributed by atoms with E-state index in [1.165, 1.54) is 6.20 Å². The van der Waals surface area contributed by atoms with Crippen molar-refractivity contribution in [1.82, 2.24) is 15.3 Å². The number of hydrogen-bond acceptors (Lipinski definition) is 5. The number of anilines is 1. The smallest absolute Gasteiger partial charge is 0.226 e. The molecule has 2 aromatic rings. The first-order chi connectivity index (χ1) is 9.69. The Morgan fingerprint density at radius 2 is 2.20 bits per heavy atom. The zero-order valence-electron chi connectivity index (χ0n) is 11.2. The van der Waals surface area contributed by atoms with Crippen molar-refractivity contribution < 1.29 is 9.53 Å². The van der Waals surface area contributed by atoms with Crippen LogP contribution in [0, 0.1) is 0 Å². The number of amides is 1. The fourth-order valence-electron chi connectivity index (χ4n) is 1.70. The number of ether oxygens (including phenoxy) is 1. The van der Waals surface area contributed by atoms with Crippen LogP contribution in [0.5, 0.6) is 5.88 Å². The predicted molar refractivity (Wildman–Crippen MR) is 75.0 cm³/mol. The van der Waals surface area contributed by atoms with E-state index in [9.17, 15) is 4.79 Å². The van der Waals surface area contributed by atoms with E-state index < -0.39 is 0 Å². The van der Waals surface area contributed by atoms with Gasteiger partial charge >= 0.3 is 0 Å². The molecule has 2 heterocycles.